The topological polar surface area (TPSA) is 94.6 Å². The first-order chi connectivity index (χ1) is 20.3. The van der Waals surface area contributed by atoms with Gasteiger partial charge >= 0.3 is 0 Å². The zero-order valence-corrected chi connectivity index (χ0v) is 26.4. The number of hydrogen-bond acceptors (Lipinski definition) is 6. The fourth-order valence-electron chi connectivity index (χ4n) is 6.37. The van der Waals surface area contributed by atoms with E-state index in [1.54, 1.807) is 22.7 Å². The Morgan fingerprint density at radius 2 is 1.86 bits per heavy atom. The van der Waals surface area contributed by atoms with E-state index < -0.39 is 10.1 Å². The molecule has 1 atom stereocenters. The Morgan fingerprint density at radius 1 is 1.09 bits per heavy atom. The number of hydroxylamine groups is 2. The normalized spacial score (nSPS) is 18.3. The Kier molecular flexibility index (Phi) is 8.35. The summed E-state index contributed by atoms with van der Waals surface area (Å²) in [6.45, 7) is 14.9. The average molecular weight is 586 g/mol. The van der Waals surface area contributed by atoms with Crippen LogP contribution in [0.5, 0.6) is 0 Å². The van der Waals surface area contributed by atoms with E-state index in [2.05, 4.69) is 16.8 Å². The molecule has 4 aromatic rings. The van der Waals surface area contributed by atoms with Crippen LogP contribution in [0.4, 0.5) is 11.4 Å². The lowest BCUT2D eigenvalue weighted by Crippen LogP contribution is -2.49. The van der Waals surface area contributed by atoms with Gasteiger partial charge in [0.15, 0.2) is 5.69 Å². The number of furan rings is 1. The number of benzene rings is 1. The van der Waals surface area contributed by atoms with Crippen molar-refractivity contribution >= 4 is 28.3 Å². The largest absolute Gasteiger partial charge is 0.627 e. The molecule has 4 heterocycles. The fourth-order valence-corrected chi connectivity index (χ4v) is 6.37. The molecule has 0 N–H and O–H groups in total. The highest BCUT2D eigenvalue weighted by Crippen LogP contribution is 2.41. The van der Waals surface area contributed by atoms with Crippen molar-refractivity contribution in [1.82, 2.24) is 19.1 Å². The van der Waals surface area contributed by atoms with Crippen LogP contribution in [0.3, 0.4) is 0 Å². The van der Waals surface area contributed by atoms with Gasteiger partial charge in [0.2, 0.25) is 5.91 Å². The lowest BCUT2D eigenvalue weighted by Gasteiger charge is -2.41. The lowest BCUT2D eigenvalue weighted by atomic mass is 9.91. The molecule has 228 valence electrons. The van der Waals surface area contributed by atoms with E-state index in [4.69, 9.17) is 4.42 Å². The summed E-state index contributed by atoms with van der Waals surface area (Å²) in [6.07, 6.45) is 6.29. The number of carbonyl (C=O) groups is 1. The Labute approximate surface area is 253 Å². The maximum atomic E-state index is 13.9. The summed E-state index contributed by atoms with van der Waals surface area (Å²) in [5, 5.41) is 14.5. The third-order valence-corrected chi connectivity index (χ3v) is 8.65. The van der Waals surface area contributed by atoms with Crippen LogP contribution in [0, 0.1) is 31.4 Å². The van der Waals surface area contributed by atoms with Crippen molar-refractivity contribution in [2.24, 2.45) is 5.41 Å². The minimum Gasteiger partial charge on any atom is -0.627 e. The van der Waals surface area contributed by atoms with Crippen molar-refractivity contribution in [3.63, 3.8) is 0 Å². The summed E-state index contributed by atoms with van der Waals surface area (Å²) < 4.78 is 6.93. The monoisotopic (exact) mass is 585 g/mol. The number of amides is 1. The van der Waals surface area contributed by atoms with Gasteiger partial charge in [-0.25, -0.2) is 0 Å². The van der Waals surface area contributed by atoms with E-state index in [9.17, 15) is 14.8 Å². The summed E-state index contributed by atoms with van der Waals surface area (Å²) in [6, 6.07) is 9.77. The standard InChI is InChI=1S/C34H43N5O4/c1-8-38-29-10-9-26(18-30(29)39(7,42)22-34(5,6)33(38)41)12-14-36(21-27-19-35-13-11-23(27)2)15-16-37-20-24(3)31-28(32(37)40)17-25(4)43-31/h9-11,13,17-20H,8,12,14-16,21-22H2,1-7H3. The van der Waals surface area contributed by atoms with Crippen molar-refractivity contribution in [1.29, 1.82) is 0 Å². The first-order valence-electron chi connectivity index (χ1n) is 15.0. The third kappa shape index (κ3) is 6.16. The van der Waals surface area contributed by atoms with Crippen molar-refractivity contribution < 1.29 is 9.21 Å². The SMILES string of the molecule is CCN1C(=O)C(C)(C)C[N+](C)([O-])c2cc(CCN(CCn3cc(C)c4oc(C)cc4c3=O)Cc3cnccc3C)ccc21. The van der Waals surface area contributed by atoms with E-state index in [1.807, 2.05) is 77.3 Å². The Hall–Kier alpha value is -3.79. The molecule has 9 nitrogen and oxygen atoms in total. The summed E-state index contributed by atoms with van der Waals surface area (Å²) >= 11 is 0. The number of fused-ring (bicyclic) bond motifs is 2. The number of pyridine rings is 2. The van der Waals surface area contributed by atoms with Gasteiger partial charge in [-0.3, -0.25) is 19.5 Å². The number of anilines is 1. The van der Waals surface area contributed by atoms with Crippen LogP contribution in [0.2, 0.25) is 0 Å². The van der Waals surface area contributed by atoms with Gasteiger partial charge in [-0.05, 0) is 82.9 Å². The maximum absolute atomic E-state index is 13.9. The highest BCUT2D eigenvalue weighted by Gasteiger charge is 2.43. The molecule has 1 unspecified atom stereocenters. The minimum absolute atomic E-state index is 0.0195. The molecule has 43 heavy (non-hydrogen) atoms. The molecule has 1 aromatic carbocycles. The highest BCUT2D eigenvalue weighted by atomic mass is 16.5. The summed E-state index contributed by atoms with van der Waals surface area (Å²) in [5.74, 6) is 0.708. The summed E-state index contributed by atoms with van der Waals surface area (Å²) in [4.78, 5) is 35.0. The van der Waals surface area contributed by atoms with Gasteiger partial charge in [-0.2, -0.15) is 0 Å². The quantitative estimate of drug-likeness (QED) is 0.191. The van der Waals surface area contributed by atoms with Crippen molar-refractivity contribution in [2.75, 3.05) is 38.1 Å². The first-order valence-corrected chi connectivity index (χ1v) is 15.0. The van der Waals surface area contributed by atoms with Crippen LogP contribution < -0.4 is 15.1 Å². The number of nitrogens with zero attached hydrogens (tertiary/aromatic N) is 5. The molecule has 5 rings (SSSR count). The molecule has 0 spiro atoms. The average Bonchev–Trinajstić information content (AvgIpc) is 3.34. The predicted octanol–water partition coefficient (Wildman–Crippen LogP) is 5.49. The summed E-state index contributed by atoms with van der Waals surface area (Å²) in [7, 11) is 1.65. The molecule has 0 bridgehead atoms. The zero-order valence-electron chi connectivity index (χ0n) is 26.4. The number of quaternary nitrogens is 1. The second-order valence-corrected chi connectivity index (χ2v) is 12.8. The minimum atomic E-state index is -0.765. The van der Waals surface area contributed by atoms with Crippen molar-refractivity contribution in [3.8, 4) is 0 Å². The van der Waals surface area contributed by atoms with Crippen LogP contribution in [0.1, 0.15) is 48.8 Å². The molecule has 0 radical (unpaired) electrons. The fraction of sp³-hybridized carbons (Fsp3) is 0.441. The number of hydrogen-bond donors (Lipinski definition) is 0. The number of carbonyl (C=O) groups excluding carboxylic acids is 1. The zero-order chi connectivity index (χ0) is 31.1. The molecule has 1 amide bonds. The molecule has 0 saturated carbocycles. The molecule has 1 aliphatic heterocycles. The van der Waals surface area contributed by atoms with Gasteiger partial charge in [0.1, 0.15) is 17.0 Å². The number of aryl methyl sites for hydroxylation is 3. The molecule has 1 aliphatic rings. The number of aromatic nitrogens is 2. The van der Waals surface area contributed by atoms with Crippen LogP contribution >= 0.6 is 0 Å². The number of rotatable bonds is 9. The van der Waals surface area contributed by atoms with Gasteiger partial charge in [0.05, 0.1) is 24.4 Å². The third-order valence-electron chi connectivity index (χ3n) is 8.65. The van der Waals surface area contributed by atoms with Gasteiger partial charge in [0.25, 0.3) is 5.56 Å². The van der Waals surface area contributed by atoms with Gasteiger partial charge in [0, 0.05) is 62.9 Å². The van der Waals surface area contributed by atoms with Gasteiger partial charge in [-0.1, -0.05) is 6.07 Å². The molecular weight excluding hydrogens is 542 g/mol. The first kappa shape index (κ1) is 30.7. The molecule has 0 saturated heterocycles. The van der Waals surface area contributed by atoms with E-state index in [0.29, 0.717) is 54.9 Å². The maximum Gasteiger partial charge on any atom is 0.261 e. The smallest absolute Gasteiger partial charge is 0.261 e. The highest BCUT2D eigenvalue weighted by molar-refractivity contribution is 6.01. The van der Waals surface area contributed by atoms with Crippen molar-refractivity contribution in [2.45, 2.75) is 61.1 Å². The molecule has 0 fully saturated rings. The van der Waals surface area contributed by atoms with E-state index in [-0.39, 0.29) is 18.0 Å². The van der Waals surface area contributed by atoms with E-state index in [0.717, 1.165) is 29.0 Å². The predicted molar refractivity (Wildman–Crippen MR) is 172 cm³/mol. The Balaban J connectivity index is 1.41. The Bertz CT molecular complexity index is 1720. The molecular formula is C34H43N5O4. The van der Waals surface area contributed by atoms with Gasteiger partial charge < -0.3 is 23.7 Å². The lowest BCUT2D eigenvalue weighted by molar-refractivity contribution is -0.126. The van der Waals surface area contributed by atoms with Crippen LogP contribution in [-0.2, 0) is 24.3 Å². The second-order valence-electron chi connectivity index (χ2n) is 12.8. The molecule has 0 aliphatic carbocycles. The molecule has 3 aromatic heterocycles. The van der Waals surface area contributed by atoms with Gasteiger partial charge in [-0.15, -0.1) is 0 Å². The van der Waals surface area contributed by atoms with Crippen LogP contribution in [0.15, 0.2) is 58.1 Å². The van der Waals surface area contributed by atoms with Crippen molar-refractivity contribution in [3.05, 3.63) is 92.5 Å². The van der Waals surface area contributed by atoms with E-state index in [1.165, 1.54) is 5.56 Å². The second kappa shape index (κ2) is 11.7. The Morgan fingerprint density at radius 3 is 2.58 bits per heavy atom. The molecule has 9 heteroatoms. The van der Waals surface area contributed by atoms with Crippen LogP contribution in [0.25, 0.3) is 11.0 Å². The van der Waals surface area contributed by atoms with E-state index >= 15 is 0 Å². The summed E-state index contributed by atoms with van der Waals surface area (Å²) in [5.41, 5.74) is 5.43. The van der Waals surface area contributed by atoms with Crippen LogP contribution in [-0.4, -0.2) is 53.6 Å².